The second kappa shape index (κ2) is 13.1. The molecule has 2 aliphatic rings. The summed E-state index contributed by atoms with van der Waals surface area (Å²) in [6.07, 6.45) is -0.131. The van der Waals surface area contributed by atoms with Gasteiger partial charge in [0.2, 0.25) is 0 Å². The molecular formula is C37H40N4O7Si. The van der Waals surface area contributed by atoms with E-state index in [1.807, 2.05) is 31.2 Å². The molecule has 49 heavy (non-hydrogen) atoms. The summed E-state index contributed by atoms with van der Waals surface area (Å²) in [5, 5.41) is 26.1. The van der Waals surface area contributed by atoms with Gasteiger partial charge >= 0.3 is 0 Å². The van der Waals surface area contributed by atoms with Crippen LogP contribution in [0.1, 0.15) is 34.8 Å². The average molecular weight is 681 g/mol. The van der Waals surface area contributed by atoms with Crippen molar-refractivity contribution in [2.75, 3.05) is 29.7 Å². The van der Waals surface area contributed by atoms with Crippen LogP contribution in [-0.2, 0) is 21.7 Å². The first-order chi connectivity index (χ1) is 23.4. The van der Waals surface area contributed by atoms with Crippen molar-refractivity contribution in [3.63, 3.8) is 0 Å². The molecule has 2 heterocycles. The highest BCUT2D eigenvalue weighted by Crippen LogP contribution is 2.60. The van der Waals surface area contributed by atoms with Crippen LogP contribution >= 0.6 is 0 Å². The van der Waals surface area contributed by atoms with Crippen molar-refractivity contribution in [3.8, 4) is 5.75 Å². The molecule has 11 nitrogen and oxygen atoms in total. The number of nitrogens with one attached hydrogen (secondary N) is 1. The van der Waals surface area contributed by atoms with E-state index < -0.39 is 24.7 Å². The van der Waals surface area contributed by atoms with Crippen LogP contribution in [-0.4, -0.2) is 49.7 Å². The number of nitrogens with two attached hydrogens (primary N) is 1. The Labute approximate surface area is 285 Å². The van der Waals surface area contributed by atoms with E-state index in [2.05, 4.69) is 30.5 Å². The molecule has 0 aromatic heterocycles. The number of aliphatic hydroxyl groups excluding tert-OH is 1. The lowest BCUT2D eigenvalue weighted by molar-refractivity contribution is -0.385. The lowest BCUT2D eigenvalue weighted by Crippen LogP contribution is -2.51. The number of nitrogens with zero attached hydrogens (tertiary/aromatic N) is 2. The molecule has 1 spiro atoms. The van der Waals surface area contributed by atoms with E-state index in [-0.39, 0.29) is 42.1 Å². The van der Waals surface area contributed by atoms with E-state index in [1.165, 1.54) is 12.1 Å². The number of fused-ring (bicyclic) bond motifs is 2. The fourth-order valence-corrected chi connectivity index (χ4v) is 11.7. The number of non-ortho nitro benzene ring substituents is 1. The molecule has 4 N–H and O–H groups in total. The zero-order valence-corrected chi connectivity index (χ0v) is 28.9. The molecule has 2 amide bonds. The van der Waals surface area contributed by atoms with Gasteiger partial charge in [-0.3, -0.25) is 19.7 Å². The van der Waals surface area contributed by atoms with Crippen molar-refractivity contribution in [1.29, 1.82) is 0 Å². The number of hydrogen-bond acceptors (Lipinski definition) is 8. The van der Waals surface area contributed by atoms with Crippen LogP contribution in [0.2, 0.25) is 18.6 Å². The van der Waals surface area contributed by atoms with Gasteiger partial charge in [0.15, 0.2) is 5.60 Å². The van der Waals surface area contributed by atoms with Gasteiger partial charge in [-0.1, -0.05) is 49.5 Å². The van der Waals surface area contributed by atoms with Gasteiger partial charge in [0.25, 0.3) is 17.5 Å². The Morgan fingerprint density at radius 2 is 1.73 bits per heavy atom. The molecule has 12 heteroatoms. The number of carbonyl (C=O) groups is 2. The topological polar surface area (TPSA) is 157 Å². The van der Waals surface area contributed by atoms with E-state index in [9.17, 15) is 24.8 Å². The van der Waals surface area contributed by atoms with Crippen LogP contribution in [0.4, 0.5) is 22.7 Å². The molecule has 0 saturated carbocycles. The number of methoxy groups -OCH3 is 1. The minimum Gasteiger partial charge on any atom is -0.497 e. The highest BCUT2D eigenvalue weighted by atomic mass is 28.3. The zero-order valence-electron chi connectivity index (χ0n) is 27.9. The predicted molar refractivity (Wildman–Crippen MR) is 191 cm³/mol. The molecule has 1 fully saturated rings. The monoisotopic (exact) mass is 680 g/mol. The summed E-state index contributed by atoms with van der Waals surface area (Å²) in [4.78, 5) is 40.7. The van der Waals surface area contributed by atoms with Gasteiger partial charge in [-0.05, 0) is 72.1 Å². The van der Waals surface area contributed by atoms with E-state index in [4.69, 9.17) is 15.2 Å². The second-order valence-corrected chi connectivity index (χ2v) is 18.0. The van der Waals surface area contributed by atoms with Gasteiger partial charge < -0.3 is 30.5 Å². The van der Waals surface area contributed by atoms with Crippen LogP contribution in [0, 0.1) is 16.0 Å². The van der Waals surface area contributed by atoms with Crippen LogP contribution in [0.15, 0.2) is 91.0 Å². The molecule has 0 unspecified atom stereocenters. The SMILES string of the molecule is COc1ccc([Si](C)(C)[C@@H]2[C@@H](CCO)O[C@]3(C(=O)N(Cc4ccc(NC(=O)c5ccc(N)cc5)cc4)c4ccc([N+](=O)[O-])cc43)[C@H]2C)cc1. The number of nitrogen functional groups attached to an aromatic ring is 1. The maximum atomic E-state index is 14.8. The van der Waals surface area contributed by atoms with E-state index in [0.29, 0.717) is 34.6 Å². The van der Waals surface area contributed by atoms with Crippen molar-refractivity contribution < 1.29 is 29.1 Å². The standard InChI is InChI=1S/C37H40N4O7Si/c1-23-34(49(3,4)30-16-14-29(47-2)15-17-30)33(19-20-42)48-37(23)31-21-28(41(45)46)13-18-32(31)40(36(37)44)22-24-5-11-27(12-6-24)39-35(43)25-7-9-26(38)10-8-25/h5-18,21,23,33-34,42H,19-20,22,38H2,1-4H3,(H,39,43)/t23-,33+,34-,37+/m0/s1. The summed E-state index contributed by atoms with van der Waals surface area (Å²) in [7, 11) is -0.786. The van der Waals surface area contributed by atoms with Crippen LogP contribution in [0.5, 0.6) is 5.75 Å². The maximum Gasteiger partial charge on any atom is 0.269 e. The number of rotatable bonds is 10. The highest BCUT2D eigenvalue weighted by Gasteiger charge is 2.66. The van der Waals surface area contributed by atoms with Crippen molar-refractivity contribution in [3.05, 3.63) is 118 Å². The summed E-state index contributed by atoms with van der Waals surface area (Å²) in [5.41, 5.74) is 7.46. The Kier molecular flexibility index (Phi) is 9.05. The first-order valence-corrected chi connectivity index (χ1v) is 19.3. The molecule has 4 aromatic rings. The molecule has 4 atom stereocenters. The number of nitro benzene ring substituents is 1. The number of benzene rings is 4. The van der Waals surface area contributed by atoms with Gasteiger partial charge in [0.1, 0.15) is 5.75 Å². The van der Waals surface area contributed by atoms with E-state index in [0.717, 1.165) is 16.5 Å². The highest BCUT2D eigenvalue weighted by molar-refractivity contribution is 6.91. The predicted octanol–water partition coefficient (Wildman–Crippen LogP) is 5.58. The van der Waals surface area contributed by atoms with Crippen molar-refractivity contribution in [1.82, 2.24) is 0 Å². The summed E-state index contributed by atoms with van der Waals surface area (Å²) >= 11 is 0. The summed E-state index contributed by atoms with van der Waals surface area (Å²) < 4.78 is 12.2. The molecule has 1 saturated heterocycles. The largest absolute Gasteiger partial charge is 0.497 e. The Hall–Kier alpha value is -5.04. The number of carbonyl (C=O) groups excluding carboxylic acids is 2. The third-order valence-electron chi connectivity index (χ3n) is 10.2. The van der Waals surface area contributed by atoms with Crippen LogP contribution < -0.4 is 25.9 Å². The molecule has 4 aromatic carbocycles. The molecular weight excluding hydrogens is 641 g/mol. The molecule has 254 valence electrons. The number of nitro groups is 1. The number of ether oxygens (including phenoxy) is 2. The van der Waals surface area contributed by atoms with Crippen LogP contribution in [0.3, 0.4) is 0 Å². The van der Waals surface area contributed by atoms with Gasteiger partial charge in [0.05, 0.1) is 38.4 Å². The minimum absolute atomic E-state index is 0.104. The third-order valence-corrected chi connectivity index (χ3v) is 14.5. The first-order valence-electron chi connectivity index (χ1n) is 16.2. The van der Waals surface area contributed by atoms with Crippen molar-refractivity contribution in [2.24, 2.45) is 5.92 Å². The lowest BCUT2D eigenvalue weighted by Gasteiger charge is -2.37. The van der Waals surface area contributed by atoms with E-state index in [1.54, 1.807) is 54.5 Å². The fraction of sp³-hybridized carbons (Fsp3) is 0.297. The van der Waals surface area contributed by atoms with Crippen molar-refractivity contribution >= 4 is 47.8 Å². The molecule has 2 aliphatic heterocycles. The van der Waals surface area contributed by atoms with Gasteiger partial charge in [0, 0.05) is 47.2 Å². The number of hydrogen-bond donors (Lipinski definition) is 3. The Bertz CT molecular complexity index is 1880. The summed E-state index contributed by atoms with van der Waals surface area (Å²) in [6.45, 7) is 6.53. The Balaban J connectivity index is 1.34. The zero-order chi connectivity index (χ0) is 35.1. The minimum atomic E-state index is -2.41. The lowest BCUT2D eigenvalue weighted by atomic mass is 9.82. The molecule has 6 rings (SSSR count). The number of aliphatic hydroxyl groups is 1. The fourth-order valence-electron chi connectivity index (χ4n) is 7.68. The Morgan fingerprint density at radius 3 is 2.35 bits per heavy atom. The van der Waals surface area contributed by atoms with Gasteiger partial charge in [-0.25, -0.2) is 0 Å². The van der Waals surface area contributed by atoms with E-state index >= 15 is 0 Å². The second-order valence-electron chi connectivity index (χ2n) is 13.3. The summed E-state index contributed by atoms with van der Waals surface area (Å²) in [5.74, 6) is -0.189. The third kappa shape index (κ3) is 5.96. The van der Waals surface area contributed by atoms with Crippen molar-refractivity contribution in [2.45, 2.75) is 50.2 Å². The summed E-state index contributed by atoms with van der Waals surface area (Å²) in [6, 6.07) is 26.3. The maximum absolute atomic E-state index is 14.8. The van der Waals surface area contributed by atoms with Crippen LogP contribution in [0.25, 0.3) is 0 Å². The number of amides is 2. The number of anilines is 3. The molecule has 0 bridgehead atoms. The van der Waals surface area contributed by atoms with Gasteiger partial charge in [-0.15, -0.1) is 0 Å². The molecule has 0 aliphatic carbocycles. The normalized spacial score (nSPS) is 21.5. The average Bonchev–Trinajstić information content (AvgIpc) is 3.52. The quantitative estimate of drug-likeness (QED) is 0.0848. The smallest absolute Gasteiger partial charge is 0.269 e. The molecule has 0 radical (unpaired) electrons. The van der Waals surface area contributed by atoms with Gasteiger partial charge in [-0.2, -0.15) is 0 Å². The first kappa shape index (κ1) is 33.8. The Morgan fingerprint density at radius 1 is 1.06 bits per heavy atom.